The van der Waals surface area contributed by atoms with Gasteiger partial charge in [0.05, 0.1) is 0 Å². The van der Waals surface area contributed by atoms with Crippen molar-refractivity contribution in [1.29, 1.82) is 0 Å². The van der Waals surface area contributed by atoms with Crippen molar-refractivity contribution in [2.24, 2.45) is 0 Å². The van der Waals surface area contributed by atoms with Gasteiger partial charge in [-0.1, -0.05) is 5.16 Å². The van der Waals surface area contributed by atoms with Crippen molar-refractivity contribution < 1.29 is 18.8 Å². The minimum atomic E-state index is -0.775. The van der Waals surface area contributed by atoms with E-state index in [1.807, 2.05) is 11.9 Å². The van der Waals surface area contributed by atoms with Gasteiger partial charge in [0, 0.05) is 35.3 Å². The third kappa shape index (κ3) is 3.85. The minimum Gasteiger partial charge on any atom is -0.456 e. The molecule has 0 saturated carbocycles. The normalized spacial score (nSPS) is 10.8. The summed E-state index contributed by atoms with van der Waals surface area (Å²) >= 11 is 0. The maximum absolute atomic E-state index is 12.5. The van der Waals surface area contributed by atoms with Gasteiger partial charge < -0.3 is 9.26 Å². The number of aryl methyl sites for hydroxylation is 2. The number of ketones is 1. The molecule has 0 atom stereocenters. The van der Waals surface area contributed by atoms with Gasteiger partial charge in [0.2, 0.25) is 5.78 Å². The van der Waals surface area contributed by atoms with Crippen molar-refractivity contribution in [1.82, 2.24) is 19.3 Å². The monoisotopic (exact) mass is 386 g/mol. The maximum atomic E-state index is 12.5. The van der Waals surface area contributed by atoms with Gasteiger partial charge in [0.15, 0.2) is 12.4 Å². The standard InChI is InChI=1S/C18H18N4O6/c1-10-6-13(12(3)22(10)15-7-11(2)28-20-15)14(23)9-27-17(25)8-21-5-4-16(24)19-18(21)26/h4-7H,8-9H2,1-3H3,(H,19,24,26). The molecular weight excluding hydrogens is 368 g/mol. The lowest BCUT2D eigenvalue weighted by Gasteiger charge is -2.07. The van der Waals surface area contributed by atoms with Crippen LogP contribution in [0.2, 0.25) is 0 Å². The van der Waals surface area contributed by atoms with Crippen molar-refractivity contribution in [3.63, 3.8) is 0 Å². The number of aromatic amines is 1. The van der Waals surface area contributed by atoms with E-state index >= 15 is 0 Å². The summed E-state index contributed by atoms with van der Waals surface area (Å²) in [5.74, 6) is 0.0351. The molecule has 3 aromatic rings. The molecule has 3 heterocycles. The van der Waals surface area contributed by atoms with E-state index in [4.69, 9.17) is 9.26 Å². The van der Waals surface area contributed by atoms with Crippen molar-refractivity contribution >= 4 is 11.8 Å². The van der Waals surface area contributed by atoms with Crippen molar-refractivity contribution in [3.05, 3.63) is 67.9 Å². The largest absolute Gasteiger partial charge is 0.456 e. The van der Waals surface area contributed by atoms with Crippen LogP contribution >= 0.6 is 0 Å². The second-order valence-electron chi connectivity index (χ2n) is 6.24. The molecule has 3 aromatic heterocycles. The van der Waals surface area contributed by atoms with Crippen LogP contribution in [0.4, 0.5) is 0 Å². The fraction of sp³-hybridized carbons (Fsp3) is 0.278. The van der Waals surface area contributed by atoms with Crippen LogP contribution in [-0.4, -0.2) is 37.6 Å². The lowest BCUT2D eigenvalue weighted by molar-refractivity contribution is -0.143. The number of Topliss-reactive ketones (excluding diaryl/α,β-unsaturated/α-hetero) is 1. The summed E-state index contributed by atoms with van der Waals surface area (Å²) in [6.07, 6.45) is 1.18. The third-order valence-corrected chi connectivity index (χ3v) is 4.14. The number of hydrogen-bond donors (Lipinski definition) is 1. The van der Waals surface area contributed by atoms with Crippen molar-refractivity contribution in [2.45, 2.75) is 27.3 Å². The van der Waals surface area contributed by atoms with Gasteiger partial charge in [-0.3, -0.25) is 28.5 Å². The number of nitrogens with one attached hydrogen (secondary N) is 1. The van der Waals surface area contributed by atoms with Gasteiger partial charge in [0.25, 0.3) is 5.56 Å². The van der Waals surface area contributed by atoms with E-state index in [2.05, 4.69) is 5.16 Å². The minimum absolute atomic E-state index is 0.387. The van der Waals surface area contributed by atoms with Gasteiger partial charge in [-0.25, -0.2) is 4.79 Å². The van der Waals surface area contributed by atoms with E-state index in [0.29, 0.717) is 22.8 Å². The second-order valence-corrected chi connectivity index (χ2v) is 6.24. The van der Waals surface area contributed by atoms with Gasteiger partial charge in [-0.15, -0.1) is 0 Å². The topological polar surface area (TPSA) is 129 Å². The first-order chi connectivity index (χ1) is 13.3. The average molecular weight is 386 g/mol. The summed E-state index contributed by atoms with van der Waals surface area (Å²) in [5, 5.41) is 3.95. The summed E-state index contributed by atoms with van der Waals surface area (Å²) in [7, 11) is 0. The first kappa shape index (κ1) is 19.1. The van der Waals surface area contributed by atoms with E-state index in [1.54, 1.807) is 30.5 Å². The molecule has 10 heteroatoms. The van der Waals surface area contributed by atoms with E-state index in [0.717, 1.165) is 16.3 Å². The predicted octanol–water partition coefficient (Wildman–Crippen LogP) is 0.667. The highest BCUT2D eigenvalue weighted by atomic mass is 16.5. The number of carbonyl (C=O) groups excluding carboxylic acids is 2. The van der Waals surface area contributed by atoms with Gasteiger partial charge in [-0.2, -0.15) is 0 Å². The average Bonchev–Trinajstić information content (AvgIpc) is 3.18. The fourth-order valence-electron chi connectivity index (χ4n) is 2.83. The zero-order valence-corrected chi connectivity index (χ0v) is 15.5. The fourth-order valence-corrected chi connectivity index (χ4v) is 2.83. The van der Waals surface area contributed by atoms with Crippen LogP contribution in [0.25, 0.3) is 5.82 Å². The number of rotatable bonds is 6. The molecule has 28 heavy (non-hydrogen) atoms. The summed E-state index contributed by atoms with van der Waals surface area (Å²) < 4.78 is 12.8. The molecule has 146 valence electrons. The SMILES string of the molecule is Cc1cc(-n2c(C)cc(C(=O)COC(=O)Cn3ccc(=O)[nH]c3=O)c2C)no1. The van der Waals surface area contributed by atoms with E-state index < -0.39 is 30.4 Å². The zero-order chi connectivity index (χ0) is 20.4. The molecule has 3 rings (SSSR count). The Balaban J connectivity index is 1.69. The number of esters is 1. The quantitative estimate of drug-likeness (QED) is 0.487. The van der Waals surface area contributed by atoms with Crippen LogP contribution < -0.4 is 11.2 Å². The molecule has 0 radical (unpaired) electrons. The molecule has 10 nitrogen and oxygen atoms in total. The van der Waals surface area contributed by atoms with Gasteiger partial charge >= 0.3 is 11.7 Å². The predicted molar refractivity (Wildman–Crippen MR) is 96.7 cm³/mol. The van der Waals surface area contributed by atoms with Crippen molar-refractivity contribution in [2.75, 3.05) is 6.61 Å². The smallest absolute Gasteiger partial charge is 0.328 e. The first-order valence-electron chi connectivity index (χ1n) is 8.37. The highest BCUT2D eigenvalue weighted by Gasteiger charge is 2.19. The third-order valence-electron chi connectivity index (χ3n) is 4.14. The molecule has 0 aliphatic carbocycles. The Kier molecular flexibility index (Phi) is 5.12. The molecular formula is C18H18N4O6. The number of ether oxygens (including phenoxy) is 1. The van der Waals surface area contributed by atoms with Crippen LogP contribution in [0.1, 0.15) is 27.5 Å². The number of nitrogens with zero attached hydrogens (tertiary/aromatic N) is 3. The number of carbonyl (C=O) groups is 2. The van der Waals surface area contributed by atoms with E-state index in [9.17, 15) is 19.2 Å². The highest BCUT2D eigenvalue weighted by Crippen LogP contribution is 2.21. The number of H-pyrrole nitrogens is 1. The van der Waals surface area contributed by atoms with Gasteiger partial charge in [0.1, 0.15) is 12.3 Å². The summed E-state index contributed by atoms with van der Waals surface area (Å²) in [6.45, 7) is 4.46. The van der Waals surface area contributed by atoms with E-state index in [1.165, 1.54) is 6.20 Å². The summed E-state index contributed by atoms with van der Waals surface area (Å²) in [6, 6.07) is 4.54. The molecule has 0 aliphatic heterocycles. The molecule has 0 spiro atoms. The maximum Gasteiger partial charge on any atom is 0.328 e. The molecule has 0 bridgehead atoms. The van der Waals surface area contributed by atoms with Crippen LogP contribution in [0.5, 0.6) is 0 Å². The molecule has 0 aliphatic rings. The van der Waals surface area contributed by atoms with Gasteiger partial charge in [-0.05, 0) is 26.8 Å². The Morgan fingerprint density at radius 1 is 1.21 bits per heavy atom. The lowest BCUT2D eigenvalue weighted by atomic mass is 10.1. The Morgan fingerprint density at radius 3 is 2.61 bits per heavy atom. The zero-order valence-electron chi connectivity index (χ0n) is 15.5. The molecule has 1 N–H and O–H groups in total. The van der Waals surface area contributed by atoms with Crippen LogP contribution in [0, 0.1) is 20.8 Å². The molecule has 0 saturated heterocycles. The van der Waals surface area contributed by atoms with E-state index in [-0.39, 0.29) is 5.78 Å². The summed E-state index contributed by atoms with van der Waals surface area (Å²) in [4.78, 5) is 49.0. The van der Waals surface area contributed by atoms with Crippen LogP contribution in [0.3, 0.4) is 0 Å². The first-order valence-corrected chi connectivity index (χ1v) is 8.37. The molecule has 0 fully saturated rings. The van der Waals surface area contributed by atoms with Crippen molar-refractivity contribution in [3.8, 4) is 5.82 Å². The Hall–Kier alpha value is -3.69. The lowest BCUT2D eigenvalue weighted by Crippen LogP contribution is -2.31. The second kappa shape index (κ2) is 7.51. The van der Waals surface area contributed by atoms with Crippen LogP contribution in [0.15, 0.2) is 38.5 Å². The molecule has 0 amide bonds. The Bertz CT molecular complexity index is 1160. The molecule has 0 aromatic carbocycles. The Morgan fingerprint density at radius 2 is 1.96 bits per heavy atom. The Labute approximate surface area is 158 Å². The molecule has 0 unspecified atom stereocenters. The highest BCUT2D eigenvalue weighted by molar-refractivity contribution is 5.99. The number of aromatic nitrogens is 4. The summed E-state index contributed by atoms with van der Waals surface area (Å²) in [5.41, 5.74) is 0.515. The number of hydrogen-bond acceptors (Lipinski definition) is 7. The van der Waals surface area contributed by atoms with Crippen LogP contribution in [-0.2, 0) is 16.1 Å².